The van der Waals surface area contributed by atoms with Gasteiger partial charge in [-0.1, -0.05) is 0 Å². The number of rotatable bonds is 5. The van der Waals surface area contributed by atoms with E-state index in [9.17, 15) is 28.1 Å². The lowest BCUT2D eigenvalue weighted by atomic mass is 10.1. The lowest BCUT2D eigenvalue weighted by Crippen LogP contribution is -2.21. The first-order valence-corrected chi connectivity index (χ1v) is 9.39. The number of amides is 1. The molecule has 0 aliphatic rings. The van der Waals surface area contributed by atoms with Crippen LogP contribution in [0, 0.1) is 10.1 Å². The number of fused-ring (bicyclic) bond motifs is 1. The second kappa shape index (κ2) is 7.33. The summed E-state index contributed by atoms with van der Waals surface area (Å²) in [5, 5.41) is 18.6. The number of non-ortho nitro benzene ring substituents is 1. The Hall–Kier alpha value is -3.77. The molecule has 12 heteroatoms. The number of nitrogens with zero attached hydrogens (tertiary/aromatic N) is 1. The zero-order valence-corrected chi connectivity index (χ0v) is 15.6. The molecule has 1 amide bonds. The fourth-order valence-electron chi connectivity index (χ4n) is 2.53. The SMILES string of the molecule is COc1cc([N+](=O)[O-])cc2cc(C(=O)Nc3ccc(S(N)(=O)=O)cc3)c(=O)oc12. The maximum Gasteiger partial charge on any atom is 0.349 e. The van der Waals surface area contributed by atoms with E-state index in [2.05, 4.69) is 5.32 Å². The van der Waals surface area contributed by atoms with E-state index in [1.807, 2.05) is 0 Å². The summed E-state index contributed by atoms with van der Waals surface area (Å²) in [7, 11) is -2.64. The topological polar surface area (TPSA) is 172 Å². The van der Waals surface area contributed by atoms with Gasteiger partial charge in [0.15, 0.2) is 11.3 Å². The summed E-state index contributed by atoms with van der Waals surface area (Å²) in [4.78, 5) is 34.9. The molecule has 3 rings (SSSR count). The van der Waals surface area contributed by atoms with Gasteiger partial charge < -0.3 is 14.5 Å². The van der Waals surface area contributed by atoms with Crippen molar-refractivity contribution in [3.63, 3.8) is 0 Å². The lowest BCUT2D eigenvalue weighted by molar-refractivity contribution is -0.384. The van der Waals surface area contributed by atoms with Crippen molar-refractivity contribution in [1.29, 1.82) is 0 Å². The Morgan fingerprint density at radius 1 is 1.21 bits per heavy atom. The molecule has 0 fully saturated rings. The van der Waals surface area contributed by atoms with Gasteiger partial charge in [-0.3, -0.25) is 14.9 Å². The smallest absolute Gasteiger partial charge is 0.349 e. The minimum atomic E-state index is -3.89. The Morgan fingerprint density at radius 3 is 2.41 bits per heavy atom. The van der Waals surface area contributed by atoms with E-state index in [-0.39, 0.29) is 33.0 Å². The molecule has 2 aromatic carbocycles. The van der Waals surface area contributed by atoms with E-state index in [4.69, 9.17) is 14.3 Å². The summed E-state index contributed by atoms with van der Waals surface area (Å²) in [6, 6.07) is 8.31. The molecule has 0 saturated carbocycles. The average Bonchev–Trinajstić information content (AvgIpc) is 2.66. The number of sulfonamides is 1. The van der Waals surface area contributed by atoms with E-state index >= 15 is 0 Å². The Labute approximate surface area is 162 Å². The highest BCUT2D eigenvalue weighted by atomic mass is 32.2. The number of nitro groups is 1. The molecule has 0 aliphatic carbocycles. The van der Waals surface area contributed by atoms with Crippen molar-refractivity contribution in [1.82, 2.24) is 0 Å². The first kappa shape index (κ1) is 20.0. The van der Waals surface area contributed by atoms with Gasteiger partial charge in [0, 0.05) is 17.1 Å². The normalized spacial score (nSPS) is 11.2. The number of primary sulfonamides is 1. The van der Waals surface area contributed by atoms with Gasteiger partial charge >= 0.3 is 5.63 Å². The second-order valence-corrected chi connectivity index (χ2v) is 7.36. The van der Waals surface area contributed by atoms with Gasteiger partial charge in [0.1, 0.15) is 5.56 Å². The summed E-state index contributed by atoms with van der Waals surface area (Å²) < 4.78 is 32.6. The molecule has 0 radical (unpaired) electrons. The van der Waals surface area contributed by atoms with Crippen LogP contribution in [0.2, 0.25) is 0 Å². The number of ether oxygens (including phenoxy) is 1. The molecule has 11 nitrogen and oxygen atoms in total. The second-order valence-electron chi connectivity index (χ2n) is 5.79. The van der Waals surface area contributed by atoms with E-state index in [1.54, 1.807) is 0 Å². The van der Waals surface area contributed by atoms with Crippen LogP contribution in [0.5, 0.6) is 5.75 Å². The van der Waals surface area contributed by atoms with E-state index in [1.165, 1.54) is 31.4 Å². The van der Waals surface area contributed by atoms with Crippen molar-refractivity contribution in [2.75, 3.05) is 12.4 Å². The number of methoxy groups -OCH3 is 1. The van der Waals surface area contributed by atoms with Gasteiger partial charge in [0.05, 0.1) is 23.0 Å². The van der Waals surface area contributed by atoms with Gasteiger partial charge in [-0.05, 0) is 30.3 Å². The molecule has 3 N–H and O–H groups in total. The molecular weight excluding hydrogens is 406 g/mol. The molecule has 3 aromatic rings. The first-order chi connectivity index (χ1) is 13.6. The molecular formula is C17H13N3O8S. The molecule has 0 aliphatic heterocycles. The van der Waals surface area contributed by atoms with Crippen molar-refractivity contribution in [2.24, 2.45) is 5.14 Å². The van der Waals surface area contributed by atoms with Crippen LogP contribution in [0.15, 0.2) is 56.6 Å². The highest BCUT2D eigenvalue weighted by Crippen LogP contribution is 2.30. The third-order valence-electron chi connectivity index (χ3n) is 3.90. The summed E-state index contributed by atoms with van der Waals surface area (Å²) in [6.45, 7) is 0. The highest BCUT2D eigenvalue weighted by Gasteiger charge is 2.19. The Kier molecular flexibility index (Phi) is 5.05. The first-order valence-electron chi connectivity index (χ1n) is 7.84. The Morgan fingerprint density at radius 2 is 1.86 bits per heavy atom. The minimum Gasteiger partial charge on any atom is -0.493 e. The molecule has 0 bridgehead atoms. The molecule has 150 valence electrons. The fourth-order valence-corrected chi connectivity index (χ4v) is 3.04. The number of anilines is 1. The van der Waals surface area contributed by atoms with Crippen LogP contribution in [0.25, 0.3) is 11.0 Å². The van der Waals surface area contributed by atoms with Crippen LogP contribution in [-0.2, 0) is 10.0 Å². The largest absolute Gasteiger partial charge is 0.493 e. The molecule has 0 saturated heterocycles. The summed E-state index contributed by atoms with van der Waals surface area (Å²) >= 11 is 0. The zero-order chi connectivity index (χ0) is 21.3. The van der Waals surface area contributed by atoms with E-state index in [0.717, 1.165) is 18.2 Å². The fraction of sp³-hybridized carbons (Fsp3) is 0.0588. The van der Waals surface area contributed by atoms with Gasteiger partial charge in [-0.15, -0.1) is 0 Å². The number of hydrogen-bond acceptors (Lipinski definition) is 8. The van der Waals surface area contributed by atoms with Gasteiger partial charge in [0.25, 0.3) is 11.6 Å². The van der Waals surface area contributed by atoms with Crippen LogP contribution in [0.3, 0.4) is 0 Å². The Balaban J connectivity index is 2.00. The number of nitro benzene ring substituents is 1. The number of hydrogen-bond donors (Lipinski definition) is 2. The van der Waals surface area contributed by atoms with Crippen molar-refractivity contribution in [3.05, 3.63) is 68.6 Å². The maximum atomic E-state index is 12.5. The predicted octanol–water partition coefficient (Wildman–Crippen LogP) is 1.61. The van der Waals surface area contributed by atoms with Crippen molar-refractivity contribution >= 4 is 38.3 Å². The molecule has 0 atom stereocenters. The molecule has 1 heterocycles. The number of carbonyl (C=O) groups is 1. The Bertz CT molecular complexity index is 1300. The third-order valence-corrected chi connectivity index (χ3v) is 4.83. The maximum absolute atomic E-state index is 12.5. The van der Waals surface area contributed by atoms with E-state index in [0.29, 0.717) is 0 Å². The monoisotopic (exact) mass is 419 g/mol. The van der Waals surface area contributed by atoms with Crippen LogP contribution >= 0.6 is 0 Å². The number of carbonyl (C=O) groups excluding carboxylic acids is 1. The lowest BCUT2D eigenvalue weighted by Gasteiger charge is -2.08. The molecule has 0 spiro atoms. The quantitative estimate of drug-likeness (QED) is 0.356. The van der Waals surface area contributed by atoms with Crippen LogP contribution < -0.4 is 20.8 Å². The summed E-state index contributed by atoms with van der Waals surface area (Å²) in [5.41, 5.74) is -1.55. The van der Waals surface area contributed by atoms with Crippen LogP contribution in [-0.4, -0.2) is 26.4 Å². The molecule has 1 aromatic heterocycles. The minimum absolute atomic E-state index is 0.0307. The van der Waals surface area contributed by atoms with Gasteiger partial charge in [0.2, 0.25) is 10.0 Å². The predicted molar refractivity (Wildman–Crippen MR) is 101 cm³/mol. The summed E-state index contributed by atoms with van der Waals surface area (Å²) in [6.07, 6.45) is 0. The number of nitrogens with one attached hydrogen (secondary N) is 1. The van der Waals surface area contributed by atoms with Crippen molar-refractivity contribution in [3.8, 4) is 5.75 Å². The molecule has 0 unspecified atom stereocenters. The van der Waals surface area contributed by atoms with Crippen molar-refractivity contribution in [2.45, 2.75) is 4.90 Å². The standard InChI is InChI=1S/C17H13N3O8S/c1-27-14-8-11(20(23)24)6-9-7-13(17(22)28-15(9)14)16(21)19-10-2-4-12(5-3-10)29(18,25)26/h2-8H,1H3,(H,19,21)(H2,18,25,26). The molecule has 29 heavy (non-hydrogen) atoms. The zero-order valence-electron chi connectivity index (χ0n) is 14.7. The van der Waals surface area contributed by atoms with Crippen LogP contribution in [0.4, 0.5) is 11.4 Å². The average molecular weight is 419 g/mol. The third kappa shape index (κ3) is 4.07. The van der Waals surface area contributed by atoms with E-state index < -0.39 is 32.0 Å². The van der Waals surface area contributed by atoms with Crippen molar-refractivity contribution < 1.29 is 27.3 Å². The highest BCUT2D eigenvalue weighted by molar-refractivity contribution is 7.89. The number of benzene rings is 2. The summed E-state index contributed by atoms with van der Waals surface area (Å²) in [5.74, 6) is -0.883. The van der Waals surface area contributed by atoms with Gasteiger partial charge in [-0.25, -0.2) is 18.4 Å². The number of nitrogens with two attached hydrogens (primary N) is 1. The van der Waals surface area contributed by atoms with Crippen LogP contribution in [0.1, 0.15) is 10.4 Å². The van der Waals surface area contributed by atoms with Gasteiger partial charge in [-0.2, -0.15) is 0 Å².